The molecule has 22 heavy (non-hydrogen) atoms. The fourth-order valence-corrected chi connectivity index (χ4v) is 4.80. The summed E-state index contributed by atoms with van der Waals surface area (Å²) in [6.45, 7) is 1.23. The zero-order valence-corrected chi connectivity index (χ0v) is 14.4. The third kappa shape index (κ3) is 4.54. The van der Waals surface area contributed by atoms with Crippen molar-refractivity contribution in [2.24, 2.45) is 0 Å². The Balaban J connectivity index is 1.87. The number of hydrogen-bond acceptors (Lipinski definition) is 5. The minimum absolute atomic E-state index is 0.0572. The molecule has 8 heteroatoms. The molecule has 1 atom stereocenters. The Kier molecular flexibility index (Phi) is 4.91. The van der Waals surface area contributed by atoms with Crippen LogP contribution < -0.4 is 5.32 Å². The Bertz CT molecular complexity index is 703. The first-order valence-electron chi connectivity index (χ1n) is 6.63. The van der Waals surface area contributed by atoms with E-state index < -0.39 is 33.9 Å². The van der Waals surface area contributed by atoms with Crippen LogP contribution in [0, 0.1) is 0 Å². The average Bonchev–Trinajstić information content (AvgIpc) is 2.69. The maximum absolute atomic E-state index is 11.8. The fourth-order valence-electron chi connectivity index (χ4n) is 2.31. The van der Waals surface area contributed by atoms with Crippen molar-refractivity contribution in [3.05, 3.63) is 34.3 Å². The van der Waals surface area contributed by atoms with Gasteiger partial charge in [0.1, 0.15) is 0 Å². The second-order valence-corrected chi connectivity index (χ2v) is 8.64. The zero-order chi connectivity index (χ0) is 16.4. The highest BCUT2D eigenvalue weighted by Gasteiger charge is 2.39. The molecule has 0 saturated carbocycles. The summed E-state index contributed by atoms with van der Waals surface area (Å²) < 4.78 is 28.6. The summed E-state index contributed by atoms with van der Waals surface area (Å²) in [4.78, 5) is 23.6. The predicted molar refractivity (Wildman–Crippen MR) is 84.2 cm³/mol. The minimum atomic E-state index is -3.11. The van der Waals surface area contributed by atoms with Crippen LogP contribution in [0.4, 0.5) is 0 Å². The van der Waals surface area contributed by atoms with Crippen LogP contribution in [0.2, 0.25) is 0 Å². The van der Waals surface area contributed by atoms with Gasteiger partial charge in [0, 0.05) is 4.47 Å². The van der Waals surface area contributed by atoms with Crippen LogP contribution >= 0.6 is 15.9 Å². The maximum Gasteiger partial charge on any atom is 0.338 e. The highest BCUT2D eigenvalue weighted by molar-refractivity contribution is 9.10. The Morgan fingerprint density at radius 2 is 2.14 bits per heavy atom. The summed E-state index contributed by atoms with van der Waals surface area (Å²) in [5.41, 5.74) is -0.463. The number of carbonyl (C=O) groups excluding carboxylic acids is 2. The van der Waals surface area contributed by atoms with Crippen molar-refractivity contribution in [3.63, 3.8) is 0 Å². The number of sulfone groups is 1. The van der Waals surface area contributed by atoms with Crippen LogP contribution in [0.1, 0.15) is 23.7 Å². The SMILES string of the molecule is C[C@@]1(NC(=O)COC(=O)c2cccc(Br)c2)CCS(=O)(=O)C1. The van der Waals surface area contributed by atoms with Crippen molar-refractivity contribution < 1.29 is 22.7 Å². The number of amides is 1. The lowest BCUT2D eigenvalue weighted by Gasteiger charge is -2.23. The van der Waals surface area contributed by atoms with E-state index in [2.05, 4.69) is 21.2 Å². The number of esters is 1. The van der Waals surface area contributed by atoms with Gasteiger partial charge in [0.15, 0.2) is 16.4 Å². The number of ether oxygens (including phenoxy) is 1. The fraction of sp³-hybridized carbons (Fsp3) is 0.429. The second kappa shape index (κ2) is 6.37. The molecule has 1 saturated heterocycles. The van der Waals surface area contributed by atoms with Crippen molar-refractivity contribution in [1.29, 1.82) is 0 Å². The van der Waals surface area contributed by atoms with E-state index in [0.29, 0.717) is 12.0 Å². The zero-order valence-electron chi connectivity index (χ0n) is 12.0. The summed E-state index contributed by atoms with van der Waals surface area (Å²) in [7, 11) is -3.11. The van der Waals surface area contributed by atoms with E-state index in [9.17, 15) is 18.0 Å². The first-order chi connectivity index (χ1) is 10.2. The molecule has 1 amide bonds. The van der Waals surface area contributed by atoms with E-state index in [0.717, 1.165) is 4.47 Å². The standard InChI is InChI=1S/C14H16BrNO5S/c1-14(5-6-22(19,20)9-14)16-12(17)8-21-13(18)10-3-2-4-11(15)7-10/h2-4,7H,5-6,8-9H2,1H3,(H,16,17)/t14-/m1/s1. The molecule has 1 heterocycles. The summed E-state index contributed by atoms with van der Waals surface area (Å²) in [6, 6.07) is 6.62. The van der Waals surface area contributed by atoms with Crippen LogP contribution in [-0.2, 0) is 19.4 Å². The normalized spacial score (nSPS) is 23.0. The molecule has 0 unspecified atom stereocenters. The smallest absolute Gasteiger partial charge is 0.338 e. The summed E-state index contributed by atoms with van der Waals surface area (Å²) in [5, 5.41) is 2.62. The highest BCUT2D eigenvalue weighted by Crippen LogP contribution is 2.22. The van der Waals surface area contributed by atoms with Crippen molar-refractivity contribution >= 4 is 37.6 Å². The van der Waals surface area contributed by atoms with Gasteiger partial charge in [-0.05, 0) is 31.5 Å². The van der Waals surface area contributed by atoms with Crippen molar-refractivity contribution in [2.45, 2.75) is 18.9 Å². The predicted octanol–water partition coefficient (Wildman–Crippen LogP) is 1.30. The van der Waals surface area contributed by atoms with Crippen LogP contribution in [0.25, 0.3) is 0 Å². The van der Waals surface area contributed by atoms with Crippen molar-refractivity contribution in [1.82, 2.24) is 5.32 Å². The Morgan fingerprint density at radius 3 is 2.73 bits per heavy atom. The number of carbonyl (C=O) groups is 2. The van der Waals surface area contributed by atoms with Crippen LogP contribution in [0.15, 0.2) is 28.7 Å². The lowest BCUT2D eigenvalue weighted by atomic mass is 10.0. The van der Waals surface area contributed by atoms with Gasteiger partial charge in [0.05, 0.1) is 22.6 Å². The molecule has 0 radical (unpaired) electrons. The van der Waals surface area contributed by atoms with Crippen molar-refractivity contribution in [3.8, 4) is 0 Å². The summed E-state index contributed by atoms with van der Waals surface area (Å²) in [6.07, 6.45) is 0.362. The van der Waals surface area contributed by atoms with Gasteiger partial charge in [-0.25, -0.2) is 13.2 Å². The molecular weight excluding hydrogens is 374 g/mol. The Morgan fingerprint density at radius 1 is 1.41 bits per heavy atom. The molecule has 120 valence electrons. The van der Waals surface area contributed by atoms with Crippen LogP contribution in [-0.4, -0.2) is 43.9 Å². The molecule has 1 aliphatic rings. The minimum Gasteiger partial charge on any atom is -0.452 e. The number of benzene rings is 1. The summed E-state index contributed by atoms with van der Waals surface area (Å²) in [5.74, 6) is -1.16. The molecule has 0 spiro atoms. The monoisotopic (exact) mass is 389 g/mol. The van der Waals surface area contributed by atoms with Gasteiger partial charge < -0.3 is 10.1 Å². The molecule has 1 fully saturated rings. The van der Waals surface area contributed by atoms with Gasteiger partial charge in [-0.2, -0.15) is 0 Å². The highest BCUT2D eigenvalue weighted by atomic mass is 79.9. The molecule has 1 aromatic carbocycles. The Labute approximate surface area is 137 Å². The van der Waals surface area contributed by atoms with Gasteiger partial charge in [0.25, 0.3) is 5.91 Å². The van der Waals surface area contributed by atoms with Crippen LogP contribution in [0.3, 0.4) is 0 Å². The second-order valence-electron chi connectivity index (χ2n) is 5.54. The molecular formula is C14H16BrNO5S. The Hall–Kier alpha value is -1.41. The molecule has 6 nitrogen and oxygen atoms in total. The average molecular weight is 390 g/mol. The van der Waals surface area contributed by atoms with Gasteiger partial charge in [-0.1, -0.05) is 22.0 Å². The van der Waals surface area contributed by atoms with Gasteiger partial charge in [0.2, 0.25) is 0 Å². The lowest BCUT2D eigenvalue weighted by molar-refractivity contribution is -0.125. The van der Waals surface area contributed by atoms with Gasteiger partial charge in [-0.3, -0.25) is 4.79 Å². The molecule has 1 aromatic rings. The molecule has 0 bridgehead atoms. The number of halogens is 1. The molecule has 2 rings (SSSR count). The third-order valence-corrected chi connectivity index (χ3v) is 5.74. The number of rotatable bonds is 4. The van der Waals surface area contributed by atoms with E-state index in [-0.39, 0.29) is 11.5 Å². The topological polar surface area (TPSA) is 89.5 Å². The van der Waals surface area contributed by atoms with Crippen LogP contribution in [0.5, 0.6) is 0 Å². The van der Waals surface area contributed by atoms with E-state index >= 15 is 0 Å². The van der Waals surface area contributed by atoms with E-state index in [1.54, 1.807) is 31.2 Å². The first kappa shape index (κ1) is 17.0. The van der Waals surface area contributed by atoms with Crippen molar-refractivity contribution in [2.75, 3.05) is 18.1 Å². The molecule has 0 aliphatic carbocycles. The third-order valence-electron chi connectivity index (χ3n) is 3.34. The quantitative estimate of drug-likeness (QED) is 0.783. The lowest BCUT2D eigenvalue weighted by Crippen LogP contribution is -2.48. The molecule has 1 N–H and O–H groups in total. The molecule has 0 aromatic heterocycles. The first-order valence-corrected chi connectivity index (χ1v) is 9.25. The van der Waals surface area contributed by atoms with E-state index in [4.69, 9.17) is 4.74 Å². The summed E-state index contributed by atoms with van der Waals surface area (Å²) >= 11 is 3.24. The molecule has 1 aliphatic heterocycles. The van der Waals surface area contributed by atoms with Gasteiger partial charge >= 0.3 is 5.97 Å². The van der Waals surface area contributed by atoms with E-state index in [1.165, 1.54) is 0 Å². The van der Waals surface area contributed by atoms with E-state index in [1.807, 2.05) is 0 Å². The largest absolute Gasteiger partial charge is 0.452 e. The number of nitrogens with one attached hydrogen (secondary N) is 1. The number of hydrogen-bond donors (Lipinski definition) is 1. The maximum atomic E-state index is 11.8. The van der Waals surface area contributed by atoms with Gasteiger partial charge in [-0.15, -0.1) is 0 Å².